The van der Waals surface area contributed by atoms with Crippen LogP contribution in [-0.4, -0.2) is 37.5 Å². The molecule has 0 aliphatic carbocycles. The summed E-state index contributed by atoms with van der Waals surface area (Å²) in [6.07, 6.45) is 0.404. The Morgan fingerprint density at radius 3 is 2.19 bits per heavy atom. The van der Waals surface area contributed by atoms with E-state index in [2.05, 4.69) is 0 Å². The van der Waals surface area contributed by atoms with Crippen LogP contribution in [0.15, 0.2) is 0 Å². The molecule has 0 aromatic heterocycles. The Morgan fingerprint density at radius 2 is 1.88 bits per heavy atom. The topological polar surface area (TPSA) is 86.5 Å². The molecule has 0 heterocycles. The monoisotopic (exact) mass is 251 g/mol. The molecule has 96 valence electrons. The van der Waals surface area contributed by atoms with Crippen molar-refractivity contribution in [2.24, 2.45) is 5.73 Å². The van der Waals surface area contributed by atoms with Gasteiger partial charge in [0.1, 0.15) is 11.4 Å². The normalized spacial score (nSPS) is 14.6. The van der Waals surface area contributed by atoms with Crippen LogP contribution in [0.4, 0.5) is 0 Å². The van der Waals surface area contributed by atoms with Gasteiger partial charge in [0.05, 0.1) is 5.25 Å². The van der Waals surface area contributed by atoms with Crippen LogP contribution < -0.4 is 5.73 Å². The number of ether oxygens (including phenoxy) is 1. The third-order valence-corrected chi connectivity index (χ3v) is 4.14. The zero-order valence-corrected chi connectivity index (χ0v) is 11.1. The van der Waals surface area contributed by atoms with Crippen LogP contribution in [0.1, 0.15) is 34.1 Å². The Kier molecular flexibility index (Phi) is 5.41. The van der Waals surface area contributed by atoms with Crippen LogP contribution in [0.5, 0.6) is 0 Å². The van der Waals surface area contributed by atoms with Gasteiger partial charge in [-0.1, -0.05) is 6.92 Å². The average Bonchev–Trinajstić information content (AvgIpc) is 1.99. The number of carbonyl (C=O) groups is 1. The minimum atomic E-state index is -3.49. The minimum Gasteiger partial charge on any atom is -0.459 e. The summed E-state index contributed by atoms with van der Waals surface area (Å²) in [4.78, 5) is 11.4. The fourth-order valence-electron chi connectivity index (χ4n) is 1.22. The second-order valence-electron chi connectivity index (χ2n) is 4.66. The van der Waals surface area contributed by atoms with E-state index in [1.165, 1.54) is 0 Å². The van der Waals surface area contributed by atoms with E-state index >= 15 is 0 Å². The van der Waals surface area contributed by atoms with Crippen LogP contribution in [-0.2, 0) is 19.4 Å². The first-order valence-electron chi connectivity index (χ1n) is 5.26. The van der Waals surface area contributed by atoms with Gasteiger partial charge in [0.2, 0.25) is 0 Å². The van der Waals surface area contributed by atoms with E-state index in [0.717, 1.165) is 0 Å². The summed E-state index contributed by atoms with van der Waals surface area (Å²) >= 11 is 0. The molecule has 0 aliphatic rings. The lowest BCUT2D eigenvalue weighted by atomic mass is 10.2. The van der Waals surface area contributed by atoms with E-state index in [0.29, 0.717) is 6.42 Å². The summed E-state index contributed by atoms with van der Waals surface area (Å²) in [5, 5.41) is -0.667. The van der Waals surface area contributed by atoms with Gasteiger partial charge in [-0.15, -0.1) is 0 Å². The summed E-state index contributed by atoms with van der Waals surface area (Å²) in [6.45, 7) is 6.83. The summed E-state index contributed by atoms with van der Waals surface area (Å²) in [6, 6.07) is 0. The van der Waals surface area contributed by atoms with Crippen molar-refractivity contribution in [2.45, 2.75) is 45.0 Å². The van der Waals surface area contributed by atoms with Crippen LogP contribution >= 0.6 is 0 Å². The highest BCUT2D eigenvalue weighted by atomic mass is 32.2. The highest BCUT2D eigenvalue weighted by Gasteiger charge is 2.28. The number of hydrogen-bond donors (Lipinski definition) is 1. The van der Waals surface area contributed by atoms with Gasteiger partial charge in [0, 0.05) is 6.54 Å². The molecule has 0 saturated heterocycles. The van der Waals surface area contributed by atoms with Crippen molar-refractivity contribution in [1.29, 1.82) is 0 Å². The molecule has 5 nitrogen and oxygen atoms in total. The molecule has 0 amide bonds. The Morgan fingerprint density at radius 1 is 1.38 bits per heavy atom. The van der Waals surface area contributed by atoms with Crippen molar-refractivity contribution in [3.05, 3.63) is 0 Å². The largest absolute Gasteiger partial charge is 0.459 e. The number of hydrogen-bond acceptors (Lipinski definition) is 5. The van der Waals surface area contributed by atoms with Gasteiger partial charge in [0.15, 0.2) is 9.84 Å². The molecule has 0 spiro atoms. The number of rotatable bonds is 5. The third kappa shape index (κ3) is 5.46. The Hall–Kier alpha value is -0.620. The molecule has 0 radical (unpaired) electrons. The van der Waals surface area contributed by atoms with Crippen molar-refractivity contribution in [2.75, 3.05) is 12.3 Å². The van der Waals surface area contributed by atoms with Crippen LogP contribution in [0.25, 0.3) is 0 Å². The highest BCUT2D eigenvalue weighted by Crippen LogP contribution is 2.11. The van der Waals surface area contributed by atoms with Crippen LogP contribution in [0.3, 0.4) is 0 Å². The zero-order valence-electron chi connectivity index (χ0n) is 10.3. The average molecular weight is 251 g/mol. The lowest BCUT2D eigenvalue weighted by Gasteiger charge is -2.20. The predicted octanol–water partition coefficient (Wildman–Crippen LogP) is 0.480. The highest BCUT2D eigenvalue weighted by molar-refractivity contribution is 7.92. The first kappa shape index (κ1) is 15.4. The van der Waals surface area contributed by atoms with Crippen molar-refractivity contribution in [3.8, 4) is 0 Å². The molecule has 0 aromatic rings. The number of carbonyl (C=O) groups excluding carboxylic acids is 1. The SMILES string of the molecule is CCC(CN)S(=O)(=O)CC(=O)OC(C)(C)C. The maximum Gasteiger partial charge on any atom is 0.321 e. The van der Waals surface area contributed by atoms with Gasteiger partial charge < -0.3 is 10.5 Å². The van der Waals surface area contributed by atoms with Crippen molar-refractivity contribution < 1.29 is 17.9 Å². The molecular weight excluding hydrogens is 230 g/mol. The van der Waals surface area contributed by atoms with Gasteiger partial charge in [0.25, 0.3) is 0 Å². The van der Waals surface area contributed by atoms with E-state index in [4.69, 9.17) is 10.5 Å². The van der Waals surface area contributed by atoms with E-state index in [1.54, 1.807) is 27.7 Å². The lowest BCUT2D eigenvalue weighted by Crippen LogP contribution is -2.36. The van der Waals surface area contributed by atoms with E-state index < -0.39 is 32.4 Å². The second-order valence-corrected chi connectivity index (χ2v) is 6.94. The standard InChI is InChI=1S/C10H21NO4S/c1-5-8(6-11)16(13,14)7-9(12)15-10(2,3)4/h8H,5-7,11H2,1-4H3. The molecule has 0 bridgehead atoms. The fourth-order valence-corrected chi connectivity index (χ4v) is 2.64. The predicted molar refractivity (Wildman–Crippen MR) is 62.8 cm³/mol. The molecule has 1 atom stereocenters. The van der Waals surface area contributed by atoms with E-state index in [9.17, 15) is 13.2 Å². The molecule has 6 heteroatoms. The van der Waals surface area contributed by atoms with Crippen LogP contribution in [0.2, 0.25) is 0 Å². The van der Waals surface area contributed by atoms with Gasteiger partial charge in [-0.05, 0) is 27.2 Å². The lowest BCUT2D eigenvalue weighted by molar-refractivity contribution is -0.151. The molecule has 0 rings (SSSR count). The minimum absolute atomic E-state index is 0.0294. The maximum absolute atomic E-state index is 11.7. The Labute approximate surface area is 97.3 Å². The summed E-state index contributed by atoms with van der Waals surface area (Å²) in [5.74, 6) is -1.32. The molecular formula is C10H21NO4S. The van der Waals surface area contributed by atoms with E-state index in [-0.39, 0.29) is 6.54 Å². The maximum atomic E-state index is 11.7. The first-order chi connectivity index (χ1) is 7.12. The number of esters is 1. The van der Waals surface area contributed by atoms with Gasteiger partial charge in [-0.2, -0.15) is 0 Å². The first-order valence-corrected chi connectivity index (χ1v) is 6.97. The number of sulfone groups is 1. The van der Waals surface area contributed by atoms with Gasteiger partial charge in [-0.25, -0.2) is 8.42 Å². The van der Waals surface area contributed by atoms with Crippen molar-refractivity contribution >= 4 is 15.8 Å². The van der Waals surface area contributed by atoms with Crippen molar-refractivity contribution in [1.82, 2.24) is 0 Å². The molecule has 0 aromatic carbocycles. The Bertz CT molecular complexity index is 325. The summed E-state index contributed by atoms with van der Waals surface area (Å²) in [5.41, 5.74) is 4.67. The van der Waals surface area contributed by atoms with Gasteiger partial charge in [-0.3, -0.25) is 4.79 Å². The fraction of sp³-hybridized carbons (Fsp3) is 0.900. The molecule has 16 heavy (non-hydrogen) atoms. The van der Waals surface area contributed by atoms with E-state index in [1.807, 2.05) is 0 Å². The summed E-state index contributed by atoms with van der Waals surface area (Å²) in [7, 11) is -3.49. The van der Waals surface area contributed by atoms with Gasteiger partial charge >= 0.3 is 5.97 Å². The Balaban J connectivity index is 4.55. The van der Waals surface area contributed by atoms with Crippen LogP contribution in [0, 0.1) is 0 Å². The second kappa shape index (κ2) is 5.63. The quantitative estimate of drug-likeness (QED) is 0.718. The summed E-state index contributed by atoms with van der Waals surface area (Å²) < 4.78 is 28.4. The molecule has 0 fully saturated rings. The smallest absolute Gasteiger partial charge is 0.321 e. The van der Waals surface area contributed by atoms with Crippen molar-refractivity contribution in [3.63, 3.8) is 0 Å². The number of nitrogens with two attached hydrogens (primary N) is 1. The zero-order chi connectivity index (χ0) is 13.0. The molecule has 0 saturated carbocycles. The molecule has 0 aliphatic heterocycles. The third-order valence-electron chi connectivity index (χ3n) is 1.97. The molecule has 1 unspecified atom stereocenters. The molecule has 2 N–H and O–H groups in total.